The number of primary amides is 3. The van der Waals surface area contributed by atoms with Gasteiger partial charge in [-0.3, -0.25) is 67.3 Å². The maximum absolute atomic E-state index is 14.7. The molecule has 2 aromatic rings. The number of carbonyl (C=O) groups excluding carboxylic acids is 13. The number of carbonyl (C=O) groups is 13. The van der Waals surface area contributed by atoms with Crippen molar-refractivity contribution in [1.29, 1.82) is 0 Å². The summed E-state index contributed by atoms with van der Waals surface area (Å²) in [6.45, 7) is 3.86. The molecule has 2 aliphatic heterocycles. The second kappa shape index (κ2) is 41.0. The van der Waals surface area contributed by atoms with Crippen molar-refractivity contribution in [1.82, 2.24) is 52.3 Å². The van der Waals surface area contributed by atoms with E-state index < -0.39 is 169 Å². The van der Waals surface area contributed by atoms with E-state index in [9.17, 15) is 62.3 Å². The number of unbranched alkanes of at least 4 members (excludes halogenated alkanes) is 1. The Morgan fingerprint density at radius 2 is 1.01 bits per heavy atom. The van der Waals surface area contributed by atoms with Gasteiger partial charge in [0.05, 0.1) is 12.6 Å². The summed E-state index contributed by atoms with van der Waals surface area (Å²) >= 11 is 1.45. The highest BCUT2D eigenvalue weighted by molar-refractivity contribution is 7.98. The molecule has 2 saturated heterocycles. The molecular weight excluding hydrogens is 1250 g/mol. The van der Waals surface area contributed by atoms with Gasteiger partial charge in [0.1, 0.15) is 54.4 Å². The van der Waals surface area contributed by atoms with Gasteiger partial charge in [-0.05, 0) is 119 Å². The summed E-state index contributed by atoms with van der Waals surface area (Å²) in [6.07, 6.45) is 3.12. The van der Waals surface area contributed by atoms with Crippen molar-refractivity contribution in [2.24, 2.45) is 51.0 Å². The average Bonchev–Trinajstić information content (AvgIpc) is 1.74. The third kappa shape index (κ3) is 27.5. The van der Waals surface area contributed by atoms with E-state index in [1.54, 1.807) is 60.7 Å². The number of aliphatic imine (C=N–C) groups is 1. The standard InChI is InChI=1S/C63H98N18O13S/c1-37(2)33-45(57(89)74-41(53(68)85)27-32-95-3)73-52(84)36-72-54(86)46(34-38-15-6-4-7-16-38)78-58(90)47(35-39-17-8-5-9-18-39)79-56(88)42(23-25-50(66)82)75-55(87)43(24-26-51(67)83)76-59(91)49-22-14-31-81(49)62(94)44(20-10-11-28-64)77-60(92)48-21-13-30-80(48)61(93)40(65)19-12-29-71-63(69)70/h4-9,15-18,37,40-49H,10-14,19-36,64-65H2,1-3H3,(H2,66,82)(H2,67,83)(H2,68,85)(H,72,86)(H,73,84)(H,74,89)(H,75,87)(H,76,91)(H,77,92)(H,78,90)(H,79,88)(H4,69,70,71)/t40-,41-,42-,43-,44-,45-,46-,47+,48-,49-/m0/s1. The second-order valence-electron chi connectivity index (χ2n) is 24.1. The molecular formula is C63H98N18O13S. The van der Waals surface area contributed by atoms with E-state index in [2.05, 4.69) is 47.5 Å². The number of nitrogens with zero attached hydrogens (tertiary/aromatic N) is 3. The molecule has 0 spiro atoms. The molecule has 0 aliphatic carbocycles. The fraction of sp³-hybridized carbons (Fsp3) is 0.587. The van der Waals surface area contributed by atoms with Crippen molar-refractivity contribution in [3.63, 3.8) is 0 Å². The Hall–Kier alpha value is -8.91. The number of benzene rings is 2. The van der Waals surface area contributed by atoms with Crippen LogP contribution in [0.25, 0.3) is 0 Å². The van der Waals surface area contributed by atoms with Crippen molar-refractivity contribution in [2.75, 3.05) is 44.7 Å². The summed E-state index contributed by atoms with van der Waals surface area (Å²) < 4.78 is 0. The van der Waals surface area contributed by atoms with Crippen LogP contribution in [0.1, 0.15) is 121 Å². The molecule has 4 rings (SSSR count). The molecule has 2 heterocycles. The van der Waals surface area contributed by atoms with Gasteiger partial charge in [0.25, 0.3) is 0 Å². The molecule has 524 valence electrons. The first kappa shape index (κ1) is 78.5. The molecule has 0 unspecified atom stereocenters. The van der Waals surface area contributed by atoms with Gasteiger partial charge in [0.15, 0.2) is 5.96 Å². The number of guanidine groups is 1. The van der Waals surface area contributed by atoms with E-state index in [0.717, 1.165) is 0 Å². The Bertz CT molecular complexity index is 2960. The van der Waals surface area contributed by atoms with E-state index in [-0.39, 0.29) is 83.0 Å². The highest BCUT2D eigenvalue weighted by atomic mass is 32.2. The van der Waals surface area contributed by atoms with Crippen LogP contribution in [-0.4, -0.2) is 198 Å². The molecule has 2 aliphatic rings. The zero-order chi connectivity index (χ0) is 70.1. The lowest BCUT2D eigenvalue weighted by atomic mass is 10.0. The third-order valence-electron chi connectivity index (χ3n) is 16.0. The summed E-state index contributed by atoms with van der Waals surface area (Å²) in [5, 5.41) is 21.1. The molecule has 10 atom stereocenters. The highest BCUT2D eigenvalue weighted by Crippen LogP contribution is 2.24. The van der Waals surface area contributed by atoms with Crippen LogP contribution in [0.4, 0.5) is 0 Å². The van der Waals surface area contributed by atoms with Gasteiger partial charge in [-0.15, -0.1) is 0 Å². The topological polar surface area (TPSA) is 519 Å². The fourth-order valence-electron chi connectivity index (χ4n) is 11.0. The Balaban J connectivity index is 1.56. The molecule has 95 heavy (non-hydrogen) atoms. The van der Waals surface area contributed by atoms with Gasteiger partial charge < -0.3 is 92.5 Å². The quantitative estimate of drug-likeness (QED) is 0.0173. The van der Waals surface area contributed by atoms with Crippen LogP contribution in [0.15, 0.2) is 65.7 Å². The molecule has 31 nitrogen and oxygen atoms in total. The van der Waals surface area contributed by atoms with Crippen LogP contribution in [0.5, 0.6) is 0 Å². The summed E-state index contributed by atoms with van der Waals surface area (Å²) in [6, 6.07) is 4.51. The van der Waals surface area contributed by atoms with Crippen LogP contribution in [0.3, 0.4) is 0 Å². The number of amides is 13. The van der Waals surface area contributed by atoms with E-state index in [4.69, 9.17) is 40.1 Å². The lowest BCUT2D eigenvalue weighted by Gasteiger charge is -2.32. The molecule has 2 fully saturated rings. The molecule has 13 amide bonds. The largest absolute Gasteiger partial charge is 0.370 e. The van der Waals surface area contributed by atoms with Crippen molar-refractivity contribution in [3.8, 4) is 0 Å². The summed E-state index contributed by atoms with van der Waals surface area (Å²) in [7, 11) is 0. The Kier molecular flexibility index (Phi) is 33.9. The monoisotopic (exact) mass is 1350 g/mol. The number of hydrogen-bond acceptors (Lipinski definition) is 17. The molecule has 2 aromatic carbocycles. The van der Waals surface area contributed by atoms with Crippen LogP contribution in [0.2, 0.25) is 0 Å². The minimum atomic E-state index is -1.64. The number of hydrogen-bond donors (Lipinski definition) is 15. The number of nitrogens with one attached hydrogen (secondary N) is 8. The van der Waals surface area contributed by atoms with Crippen molar-refractivity contribution >= 4 is 94.5 Å². The molecule has 32 heteroatoms. The van der Waals surface area contributed by atoms with Crippen LogP contribution >= 0.6 is 11.8 Å². The van der Waals surface area contributed by atoms with Gasteiger partial charge in [-0.1, -0.05) is 74.5 Å². The number of nitrogens with two attached hydrogens (primary N) is 7. The fourth-order valence-corrected chi connectivity index (χ4v) is 11.5. The maximum atomic E-state index is 14.7. The second-order valence-corrected chi connectivity index (χ2v) is 25.1. The van der Waals surface area contributed by atoms with Gasteiger partial charge in [0.2, 0.25) is 76.8 Å². The number of likely N-dealkylation sites (tertiary alicyclic amines) is 2. The van der Waals surface area contributed by atoms with E-state index in [1.165, 1.54) is 21.6 Å². The average molecular weight is 1350 g/mol. The summed E-state index contributed by atoms with van der Waals surface area (Å²) in [4.78, 5) is 185. The first-order valence-electron chi connectivity index (χ1n) is 32.2. The van der Waals surface area contributed by atoms with Crippen molar-refractivity contribution in [3.05, 3.63) is 71.8 Å². The van der Waals surface area contributed by atoms with Gasteiger partial charge in [-0.25, -0.2) is 0 Å². The van der Waals surface area contributed by atoms with Crippen LogP contribution in [-0.2, 0) is 75.2 Å². The summed E-state index contributed by atoms with van der Waals surface area (Å²) in [5.41, 5.74) is 40.6. The number of thioether (sulfide) groups is 1. The molecule has 22 N–H and O–H groups in total. The third-order valence-corrected chi connectivity index (χ3v) is 16.7. The van der Waals surface area contributed by atoms with E-state index >= 15 is 0 Å². The summed E-state index contributed by atoms with van der Waals surface area (Å²) in [5.74, 6) is -9.80. The van der Waals surface area contributed by atoms with Crippen molar-refractivity contribution in [2.45, 2.75) is 183 Å². The Labute approximate surface area is 558 Å². The first-order chi connectivity index (χ1) is 45.2. The SMILES string of the molecule is CSCC[C@H](NC(=O)[C@H](CC(C)C)NC(=O)CNC(=O)[C@H](Cc1ccccc1)NC(=O)[C@@H](Cc1ccccc1)NC(=O)[C@H](CCC(N)=O)NC(=O)[C@H](CCC(N)=O)NC(=O)[C@@H]1CCCN1C(=O)[C@H](CCCCN)NC(=O)[C@@H]1CCCN1C(=O)[C@@H](N)CCCN=C(N)N)C(N)=O. The highest BCUT2D eigenvalue weighted by Gasteiger charge is 2.42. The lowest BCUT2D eigenvalue weighted by molar-refractivity contribution is -0.144. The van der Waals surface area contributed by atoms with Gasteiger partial charge in [-0.2, -0.15) is 11.8 Å². The smallest absolute Gasteiger partial charge is 0.245 e. The predicted octanol–water partition coefficient (Wildman–Crippen LogP) is -3.71. The molecule has 0 saturated carbocycles. The lowest BCUT2D eigenvalue weighted by Crippen LogP contribution is -2.60. The minimum absolute atomic E-state index is 0.0736. The number of rotatable bonds is 42. The molecule has 0 radical (unpaired) electrons. The Morgan fingerprint density at radius 3 is 1.51 bits per heavy atom. The van der Waals surface area contributed by atoms with Crippen LogP contribution in [0, 0.1) is 5.92 Å². The van der Waals surface area contributed by atoms with Gasteiger partial charge >= 0.3 is 0 Å². The van der Waals surface area contributed by atoms with Gasteiger partial charge in [0, 0.05) is 45.3 Å². The van der Waals surface area contributed by atoms with E-state index in [1.807, 2.05) is 20.1 Å². The van der Waals surface area contributed by atoms with Crippen molar-refractivity contribution < 1.29 is 62.3 Å². The van der Waals surface area contributed by atoms with Crippen LogP contribution < -0.4 is 82.7 Å². The Morgan fingerprint density at radius 1 is 0.537 bits per heavy atom. The molecule has 0 bridgehead atoms. The molecule has 0 aromatic heterocycles. The maximum Gasteiger partial charge on any atom is 0.245 e. The first-order valence-corrected chi connectivity index (χ1v) is 33.6. The zero-order valence-electron chi connectivity index (χ0n) is 54.5. The zero-order valence-corrected chi connectivity index (χ0v) is 55.3. The predicted molar refractivity (Wildman–Crippen MR) is 356 cm³/mol. The normalized spacial score (nSPS) is 16.8. The minimum Gasteiger partial charge on any atom is -0.370 e. The van der Waals surface area contributed by atoms with E-state index in [0.29, 0.717) is 55.4 Å².